The van der Waals surface area contributed by atoms with Crippen molar-refractivity contribution in [3.63, 3.8) is 0 Å². The number of nitrogens with two attached hydrogens (primary N) is 2. The third kappa shape index (κ3) is 3.22. The zero-order valence-electron chi connectivity index (χ0n) is 13.5. The number of fused-ring (bicyclic) bond motifs is 1. The molecule has 1 atom stereocenters. The molecule has 0 amide bonds. The van der Waals surface area contributed by atoms with E-state index in [1.165, 1.54) is 11.1 Å². The molecule has 3 rings (SSSR count). The van der Waals surface area contributed by atoms with E-state index in [-0.39, 0.29) is 5.54 Å². The zero-order chi connectivity index (χ0) is 16.3. The first-order valence-corrected chi connectivity index (χ1v) is 8.10. The van der Waals surface area contributed by atoms with Gasteiger partial charge in [-0.05, 0) is 50.4 Å². The van der Waals surface area contributed by atoms with Crippen molar-refractivity contribution in [3.8, 4) is 0 Å². The number of amidine groups is 1. The van der Waals surface area contributed by atoms with E-state index in [9.17, 15) is 0 Å². The van der Waals surface area contributed by atoms with Gasteiger partial charge in [0.2, 0.25) is 0 Å². The minimum atomic E-state index is -0.368. The van der Waals surface area contributed by atoms with Gasteiger partial charge in [0.15, 0.2) is 0 Å². The third-order valence-corrected chi connectivity index (χ3v) is 4.50. The molecular formula is C19H24N4. The molecule has 1 unspecified atom stereocenters. The molecule has 120 valence electrons. The smallest absolute Gasteiger partial charge is 0.126 e. The van der Waals surface area contributed by atoms with Crippen molar-refractivity contribution in [3.05, 3.63) is 59.7 Å². The van der Waals surface area contributed by atoms with Gasteiger partial charge in [0.25, 0.3) is 0 Å². The Morgan fingerprint density at radius 3 is 2.70 bits per heavy atom. The Bertz CT molecular complexity index is 723. The number of hydrogen-bond donors (Lipinski definition) is 3. The van der Waals surface area contributed by atoms with Crippen LogP contribution in [0.3, 0.4) is 0 Å². The number of aryl methyl sites for hydroxylation is 2. The van der Waals surface area contributed by atoms with Gasteiger partial charge in [-0.25, -0.2) is 4.99 Å². The van der Waals surface area contributed by atoms with E-state index in [2.05, 4.69) is 41.5 Å². The Hall–Kier alpha value is -2.33. The molecule has 0 aliphatic carbocycles. The lowest BCUT2D eigenvalue weighted by Gasteiger charge is -2.38. The fourth-order valence-electron chi connectivity index (χ4n) is 3.21. The Labute approximate surface area is 137 Å². The molecule has 2 aromatic carbocycles. The summed E-state index contributed by atoms with van der Waals surface area (Å²) in [4.78, 5) is 4.62. The molecule has 0 saturated carbocycles. The number of benzene rings is 2. The molecule has 0 saturated heterocycles. The standard InChI is InChI=1S/C19H24N4/c1-14-5-4-6-15(13-14)9-10-19(11-12-20)18(21)22-16-7-2-3-8-17(16)23-19/h2-8,13,23H,9-12,20H2,1H3,(H2,21,22). The van der Waals surface area contributed by atoms with Gasteiger partial charge in [-0.15, -0.1) is 0 Å². The van der Waals surface area contributed by atoms with E-state index >= 15 is 0 Å². The predicted molar refractivity (Wildman–Crippen MR) is 97.2 cm³/mol. The van der Waals surface area contributed by atoms with Crippen molar-refractivity contribution in [2.45, 2.75) is 31.7 Å². The first kappa shape index (κ1) is 15.6. The molecule has 4 nitrogen and oxygen atoms in total. The summed E-state index contributed by atoms with van der Waals surface area (Å²) < 4.78 is 0. The monoisotopic (exact) mass is 308 g/mol. The highest BCUT2D eigenvalue weighted by Gasteiger charge is 2.36. The minimum Gasteiger partial charge on any atom is -0.385 e. The lowest BCUT2D eigenvalue weighted by molar-refractivity contribution is 0.518. The van der Waals surface area contributed by atoms with Crippen LogP contribution in [0.2, 0.25) is 0 Å². The number of nitrogens with one attached hydrogen (secondary N) is 1. The molecule has 4 heteroatoms. The molecule has 0 bridgehead atoms. The van der Waals surface area contributed by atoms with Crippen LogP contribution in [0, 0.1) is 6.92 Å². The summed E-state index contributed by atoms with van der Waals surface area (Å²) in [6, 6.07) is 16.6. The number of hydrogen-bond acceptors (Lipinski definition) is 4. The highest BCUT2D eigenvalue weighted by molar-refractivity contribution is 5.99. The number of nitrogens with zero attached hydrogens (tertiary/aromatic N) is 1. The van der Waals surface area contributed by atoms with Crippen LogP contribution in [0.15, 0.2) is 53.5 Å². The van der Waals surface area contributed by atoms with Gasteiger partial charge >= 0.3 is 0 Å². The number of aliphatic imine (C=N–C) groups is 1. The van der Waals surface area contributed by atoms with E-state index in [1.807, 2.05) is 24.3 Å². The molecule has 0 spiro atoms. The van der Waals surface area contributed by atoms with Crippen LogP contribution in [-0.2, 0) is 6.42 Å². The first-order chi connectivity index (χ1) is 11.1. The van der Waals surface area contributed by atoms with Crippen LogP contribution in [-0.4, -0.2) is 17.9 Å². The fourth-order valence-corrected chi connectivity index (χ4v) is 3.21. The van der Waals surface area contributed by atoms with Crippen molar-refractivity contribution in [2.75, 3.05) is 11.9 Å². The second kappa shape index (κ2) is 6.42. The Morgan fingerprint density at radius 2 is 1.91 bits per heavy atom. The summed E-state index contributed by atoms with van der Waals surface area (Å²) in [6.45, 7) is 2.68. The van der Waals surface area contributed by atoms with Gasteiger partial charge in [0.05, 0.1) is 16.9 Å². The highest BCUT2D eigenvalue weighted by atomic mass is 15.1. The van der Waals surface area contributed by atoms with Crippen LogP contribution in [0.4, 0.5) is 11.4 Å². The van der Waals surface area contributed by atoms with E-state index in [0.29, 0.717) is 12.4 Å². The lowest BCUT2D eigenvalue weighted by Crippen LogP contribution is -2.53. The van der Waals surface area contributed by atoms with Gasteiger partial charge < -0.3 is 16.8 Å². The summed E-state index contributed by atoms with van der Waals surface area (Å²) in [5.74, 6) is 0.634. The van der Waals surface area contributed by atoms with Crippen molar-refractivity contribution < 1.29 is 0 Å². The summed E-state index contributed by atoms with van der Waals surface area (Å²) in [5.41, 5.74) is 16.4. The normalized spacial score (nSPS) is 19.7. The first-order valence-electron chi connectivity index (χ1n) is 8.10. The zero-order valence-corrected chi connectivity index (χ0v) is 13.5. The largest absolute Gasteiger partial charge is 0.385 e. The molecule has 1 aliphatic rings. The SMILES string of the molecule is Cc1cccc(CCC2(CCN)Nc3ccccc3N=C2N)c1. The maximum atomic E-state index is 6.34. The molecule has 0 fully saturated rings. The van der Waals surface area contributed by atoms with E-state index in [4.69, 9.17) is 11.5 Å². The van der Waals surface area contributed by atoms with Crippen LogP contribution in [0.5, 0.6) is 0 Å². The average molecular weight is 308 g/mol. The molecule has 5 N–H and O–H groups in total. The molecular weight excluding hydrogens is 284 g/mol. The second-order valence-electron chi connectivity index (χ2n) is 6.25. The number of para-hydroxylation sites is 2. The van der Waals surface area contributed by atoms with Crippen molar-refractivity contribution in [1.29, 1.82) is 0 Å². The van der Waals surface area contributed by atoms with Crippen LogP contribution < -0.4 is 16.8 Å². The Balaban J connectivity index is 1.86. The van der Waals surface area contributed by atoms with Gasteiger partial charge in [-0.1, -0.05) is 42.0 Å². The van der Waals surface area contributed by atoms with Crippen LogP contribution in [0.1, 0.15) is 24.0 Å². The van der Waals surface area contributed by atoms with Crippen LogP contribution >= 0.6 is 0 Å². The summed E-state index contributed by atoms with van der Waals surface area (Å²) in [7, 11) is 0. The number of anilines is 1. The lowest BCUT2D eigenvalue weighted by atomic mass is 9.85. The van der Waals surface area contributed by atoms with E-state index < -0.39 is 0 Å². The van der Waals surface area contributed by atoms with Gasteiger partial charge in [-0.3, -0.25) is 0 Å². The molecule has 1 aliphatic heterocycles. The van der Waals surface area contributed by atoms with Crippen molar-refractivity contribution in [1.82, 2.24) is 0 Å². The summed E-state index contributed by atoms with van der Waals surface area (Å²) >= 11 is 0. The minimum absolute atomic E-state index is 0.368. The van der Waals surface area contributed by atoms with Gasteiger partial charge in [0.1, 0.15) is 5.84 Å². The van der Waals surface area contributed by atoms with Gasteiger partial charge in [-0.2, -0.15) is 0 Å². The Morgan fingerprint density at radius 1 is 1.09 bits per heavy atom. The van der Waals surface area contributed by atoms with Gasteiger partial charge in [0, 0.05) is 0 Å². The van der Waals surface area contributed by atoms with E-state index in [0.717, 1.165) is 30.6 Å². The molecule has 0 aromatic heterocycles. The maximum Gasteiger partial charge on any atom is 0.126 e. The quantitative estimate of drug-likeness (QED) is 0.794. The predicted octanol–water partition coefficient (Wildman–Crippen LogP) is 3.13. The topological polar surface area (TPSA) is 76.4 Å². The van der Waals surface area contributed by atoms with E-state index in [1.54, 1.807) is 0 Å². The highest BCUT2D eigenvalue weighted by Crippen LogP contribution is 2.36. The third-order valence-electron chi connectivity index (χ3n) is 4.50. The fraction of sp³-hybridized carbons (Fsp3) is 0.316. The molecule has 23 heavy (non-hydrogen) atoms. The number of rotatable bonds is 5. The van der Waals surface area contributed by atoms with Crippen LogP contribution in [0.25, 0.3) is 0 Å². The maximum absolute atomic E-state index is 6.34. The Kier molecular flexibility index (Phi) is 4.35. The van der Waals surface area contributed by atoms with Crippen molar-refractivity contribution >= 4 is 17.2 Å². The van der Waals surface area contributed by atoms with Crippen molar-refractivity contribution in [2.24, 2.45) is 16.5 Å². The average Bonchev–Trinajstić information content (AvgIpc) is 2.54. The summed E-state index contributed by atoms with van der Waals surface area (Å²) in [5, 5.41) is 3.61. The second-order valence-corrected chi connectivity index (χ2v) is 6.25. The molecule has 2 aromatic rings. The molecule has 1 heterocycles. The molecule has 0 radical (unpaired) electrons. The summed E-state index contributed by atoms with van der Waals surface area (Å²) in [6.07, 6.45) is 2.58.